The van der Waals surface area contributed by atoms with Gasteiger partial charge in [0.2, 0.25) is 10.0 Å². The molecule has 0 radical (unpaired) electrons. The van der Waals surface area contributed by atoms with Crippen LogP contribution in [0.2, 0.25) is 0 Å². The standard InChI is InChI=1S/C24H26N8O3S2/c1-30(2)37(34,35)19-5-3-18(4-6-19)32-15-17(13-27-32)24-29-21(16-36-24)23(33)28-20-14-26-8-7-22(20)31-11-9-25-10-12-31/h3-8,13-16,25H,9-12H2,1-2H3,(H,28,33). The van der Waals surface area contributed by atoms with Gasteiger partial charge in [0.15, 0.2) is 0 Å². The highest BCUT2D eigenvalue weighted by atomic mass is 32.2. The van der Waals surface area contributed by atoms with Gasteiger partial charge in [-0.2, -0.15) is 5.10 Å². The highest BCUT2D eigenvalue weighted by Crippen LogP contribution is 2.28. The summed E-state index contributed by atoms with van der Waals surface area (Å²) in [5, 5.41) is 13.0. The molecular weight excluding hydrogens is 512 g/mol. The number of nitrogens with zero attached hydrogens (tertiary/aromatic N) is 6. The van der Waals surface area contributed by atoms with Crippen LogP contribution >= 0.6 is 11.3 Å². The molecular formula is C24H26N8O3S2. The lowest BCUT2D eigenvalue weighted by atomic mass is 10.2. The van der Waals surface area contributed by atoms with Crippen molar-refractivity contribution >= 4 is 38.6 Å². The molecule has 1 aliphatic heterocycles. The Bertz CT molecular complexity index is 1510. The van der Waals surface area contributed by atoms with Crippen LogP contribution in [0.5, 0.6) is 0 Å². The number of benzene rings is 1. The Morgan fingerprint density at radius 2 is 1.86 bits per heavy atom. The Morgan fingerprint density at radius 1 is 1.11 bits per heavy atom. The molecule has 0 spiro atoms. The molecule has 11 nitrogen and oxygen atoms in total. The fourth-order valence-corrected chi connectivity index (χ4v) is 5.60. The highest BCUT2D eigenvalue weighted by molar-refractivity contribution is 7.89. The maximum atomic E-state index is 13.0. The van der Waals surface area contributed by atoms with Gasteiger partial charge in [0, 0.05) is 63.6 Å². The van der Waals surface area contributed by atoms with Gasteiger partial charge in [0.05, 0.1) is 34.4 Å². The van der Waals surface area contributed by atoms with E-state index in [2.05, 4.69) is 30.6 Å². The van der Waals surface area contributed by atoms with Crippen LogP contribution in [0.25, 0.3) is 16.3 Å². The molecule has 1 fully saturated rings. The van der Waals surface area contributed by atoms with Gasteiger partial charge in [-0.05, 0) is 30.3 Å². The Hall–Kier alpha value is -3.65. The number of carbonyl (C=O) groups is 1. The van der Waals surface area contributed by atoms with Crippen LogP contribution in [0.3, 0.4) is 0 Å². The summed E-state index contributed by atoms with van der Waals surface area (Å²) < 4.78 is 27.4. The molecule has 1 aromatic carbocycles. The Labute approximate surface area is 218 Å². The first kappa shape index (κ1) is 25.0. The second kappa shape index (κ2) is 10.4. The molecule has 5 rings (SSSR count). The lowest BCUT2D eigenvalue weighted by Gasteiger charge is -2.30. The van der Waals surface area contributed by atoms with Crippen LogP contribution in [0, 0.1) is 0 Å². The molecule has 1 amide bonds. The van der Waals surface area contributed by atoms with Crippen molar-refractivity contribution in [2.75, 3.05) is 50.5 Å². The van der Waals surface area contributed by atoms with Crippen LogP contribution in [0.1, 0.15) is 10.5 Å². The minimum absolute atomic E-state index is 0.206. The molecule has 4 heterocycles. The van der Waals surface area contributed by atoms with Crippen molar-refractivity contribution in [2.45, 2.75) is 4.90 Å². The van der Waals surface area contributed by atoms with Gasteiger partial charge < -0.3 is 15.5 Å². The summed E-state index contributed by atoms with van der Waals surface area (Å²) in [4.78, 5) is 24.1. The van der Waals surface area contributed by atoms with Crippen LogP contribution in [-0.2, 0) is 10.0 Å². The van der Waals surface area contributed by atoms with Gasteiger partial charge in [-0.15, -0.1) is 11.3 Å². The van der Waals surface area contributed by atoms with E-state index in [9.17, 15) is 13.2 Å². The molecule has 0 unspecified atom stereocenters. The number of anilines is 2. The number of hydrogen-bond acceptors (Lipinski definition) is 9. The molecule has 37 heavy (non-hydrogen) atoms. The molecule has 13 heteroatoms. The number of pyridine rings is 1. The molecule has 1 saturated heterocycles. The predicted molar refractivity (Wildman–Crippen MR) is 143 cm³/mol. The van der Waals surface area contributed by atoms with E-state index in [0.717, 1.165) is 37.4 Å². The second-order valence-electron chi connectivity index (χ2n) is 8.58. The van der Waals surface area contributed by atoms with Crippen molar-refractivity contribution in [2.24, 2.45) is 0 Å². The minimum Gasteiger partial charge on any atom is -0.367 e. The molecule has 0 aliphatic carbocycles. The zero-order chi connectivity index (χ0) is 26.0. The quantitative estimate of drug-likeness (QED) is 0.367. The van der Waals surface area contributed by atoms with Crippen molar-refractivity contribution in [3.63, 3.8) is 0 Å². The SMILES string of the molecule is CN(C)S(=O)(=O)c1ccc(-n2cc(-c3nc(C(=O)Nc4cnccc4N4CCNCC4)cs3)cn2)cc1. The fraction of sp³-hybridized carbons (Fsp3) is 0.250. The van der Waals surface area contributed by atoms with Crippen LogP contribution in [-0.4, -0.2) is 78.7 Å². The molecule has 2 N–H and O–H groups in total. The summed E-state index contributed by atoms with van der Waals surface area (Å²) in [6.45, 7) is 3.48. The zero-order valence-electron chi connectivity index (χ0n) is 20.3. The molecule has 0 saturated carbocycles. The van der Waals surface area contributed by atoms with Crippen molar-refractivity contribution in [3.8, 4) is 16.3 Å². The molecule has 1 aliphatic rings. The molecule has 0 atom stereocenters. The topological polar surface area (TPSA) is 125 Å². The van der Waals surface area contributed by atoms with E-state index in [0.29, 0.717) is 22.1 Å². The van der Waals surface area contributed by atoms with Crippen molar-refractivity contribution in [1.29, 1.82) is 0 Å². The number of hydrogen-bond donors (Lipinski definition) is 2. The average molecular weight is 539 g/mol. The number of aromatic nitrogens is 4. The number of amides is 1. The van der Waals surface area contributed by atoms with Gasteiger partial charge in [0.25, 0.3) is 5.91 Å². The van der Waals surface area contributed by atoms with Crippen LogP contribution < -0.4 is 15.5 Å². The Balaban J connectivity index is 1.30. The fourth-order valence-electron chi connectivity index (χ4n) is 3.92. The van der Waals surface area contributed by atoms with E-state index in [4.69, 9.17) is 0 Å². The van der Waals surface area contributed by atoms with E-state index in [1.165, 1.54) is 29.7 Å². The molecule has 192 valence electrons. The molecule has 4 aromatic rings. The average Bonchev–Trinajstić information content (AvgIpc) is 3.60. The first-order chi connectivity index (χ1) is 17.8. The third kappa shape index (κ3) is 5.25. The summed E-state index contributed by atoms with van der Waals surface area (Å²) in [5.41, 5.74) is 3.34. The van der Waals surface area contributed by atoms with Gasteiger partial charge in [-0.3, -0.25) is 9.78 Å². The lowest BCUT2D eigenvalue weighted by Crippen LogP contribution is -2.43. The number of rotatable bonds is 7. The van der Waals surface area contributed by atoms with Crippen LogP contribution in [0.15, 0.2) is 65.4 Å². The Kier molecular flexibility index (Phi) is 7.02. The van der Waals surface area contributed by atoms with Crippen molar-refractivity contribution in [1.82, 2.24) is 29.4 Å². The number of thiazole rings is 1. The third-order valence-electron chi connectivity index (χ3n) is 5.95. The second-order valence-corrected chi connectivity index (χ2v) is 11.6. The number of nitrogens with one attached hydrogen (secondary N) is 2. The van der Waals surface area contributed by atoms with Gasteiger partial charge in [-0.1, -0.05) is 0 Å². The first-order valence-electron chi connectivity index (χ1n) is 11.6. The maximum Gasteiger partial charge on any atom is 0.275 e. The van der Waals surface area contributed by atoms with Gasteiger partial charge in [0.1, 0.15) is 10.7 Å². The largest absolute Gasteiger partial charge is 0.367 e. The predicted octanol–water partition coefficient (Wildman–Crippen LogP) is 2.30. The van der Waals surface area contributed by atoms with E-state index >= 15 is 0 Å². The number of sulfonamides is 1. The Morgan fingerprint density at radius 3 is 2.59 bits per heavy atom. The lowest BCUT2D eigenvalue weighted by molar-refractivity contribution is 0.102. The summed E-state index contributed by atoms with van der Waals surface area (Å²) in [6, 6.07) is 8.38. The van der Waals surface area contributed by atoms with Crippen molar-refractivity contribution < 1.29 is 13.2 Å². The van der Waals surface area contributed by atoms with Gasteiger partial charge >= 0.3 is 0 Å². The molecule has 3 aromatic heterocycles. The highest BCUT2D eigenvalue weighted by Gasteiger charge is 2.19. The smallest absolute Gasteiger partial charge is 0.275 e. The zero-order valence-corrected chi connectivity index (χ0v) is 22.0. The van der Waals surface area contributed by atoms with E-state index < -0.39 is 10.0 Å². The van der Waals surface area contributed by atoms with E-state index in [1.54, 1.807) is 59.1 Å². The first-order valence-corrected chi connectivity index (χ1v) is 13.9. The van der Waals surface area contributed by atoms with Gasteiger partial charge in [-0.25, -0.2) is 22.4 Å². The monoisotopic (exact) mass is 538 g/mol. The normalized spacial score (nSPS) is 14.2. The number of piperazine rings is 1. The summed E-state index contributed by atoms with van der Waals surface area (Å²) in [5.74, 6) is -0.308. The maximum absolute atomic E-state index is 13.0. The van der Waals surface area contributed by atoms with Crippen LogP contribution in [0.4, 0.5) is 11.4 Å². The van der Waals surface area contributed by atoms with Crippen molar-refractivity contribution in [3.05, 3.63) is 66.2 Å². The molecule has 0 bridgehead atoms. The summed E-state index contributed by atoms with van der Waals surface area (Å²) in [6.07, 6.45) is 6.83. The van der Waals surface area contributed by atoms with E-state index in [-0.39, 0.29) is 10.8 Å². The minimum atomic E-state index is -3.50. The summed E-state index contributed by atoms with van der Waals surface area (Å²) >= 11 is 1.35. The van der Waals surface area contributed by atoms with E-state index in [1.807, 2.05) is 6.07 Å². The summed E-state index contributed by atoms with van der Waals surface area (Å²) in [7, 11) is -0.516. The number of carbonyl (C=O) groups excluding carboxylic acids is 1. The third-order valence-corrected chi connectivity index (χ3v) is 8.67.